The number of amides is 1. The molecule has 2 rings (SSSR count). The minimum atomic E-state index is -0.561. The second-order valence-corrected chi connectivity index (χ2v) is 4.13. The van der Waals surface area contributed by atoms with Crippen LogP contribution in [0.15, 0.2) is 16.6 Å². The molecular weight excluding hydrogens is 279 g/mol. The lowest BCUT2D eigenvalue weighted by Crippen LogP contribution is -2.19. The monoisotopic (exact) mass is 286 g/mol. The first-order valence-corrected chi connectivity index (χ1v) is 5.17. The number of aromatic nitrogens is 2. The summed E-state index contributed by atoms with van der Waals surface area (Å²) in [7, 11) is 0. The van der Waals surface area contributed by atoms with Gasteiger partial charge < -0.3 is 16.0 Å². The minimum absolute atomic E-state index is 0.122. The van der Waals surface area contributed by atoms with Gasteiger partial charge in [-0.25, -0.2) is 9.37 Å². The van der Waals surface area contributed by atoms with E-state index in [1.807, 2.05) is 0 Å². The zero-order chi connectivity index (χ0) is 11.9. The number of nitrogens with zero attached hydrogens (tertiary/aromatic N) is 2. The van der Waals surface area contributed by atoms with E-state index in [1.54, 1.807) is 0 Å². The molecule has 84 valence electrons. The fourth-order valence-electron chi connectivity index (χ4n) is 1.46. The SMILES string of the molecule is NC(=O)Cn1c(N)nc2cc(Br)c(F)cc21. The second-order valence-electron chi connectivity index (χ2n) is 3.28. The van der Waals surface area contributed by atoms with Crippen LogP contribution in [0.3, 0.4) is 0 Å². The summed E-state index contributed by atoms with van der Waals surface area (Å²) in [5.41, 5.74) is 11.6. The number of benzene rings is 1. The summed E-state index contributed by atoms with van der Waals surface area (Å²) in [6.45, 7) is -0.122. The first-order valence-electron chi connectivity index (χ1n) is 4.38. The van der Waals surface area contributed by atoms with Gasteiger partial charge in [-0.2, -0.15) is 0 Å². The third-order valence-electron chi connectivity index (χ3n) is 2.13. The van der Waals surface area contributed by atoms with Crippen molar-refractivity contribution < 1.29 is 9.18 Å². The maximum absolute atomic E-state index is 13.3. The average molecular weight is 287 g/mol. The summed E-state index contributed by atoms with van der Waals surface area (Å²) in [4.78, 5) is 14.8. The predicted octanol–water partition coefficient (Wildman–Crippen LogP) is 1.01. The van der Waals surface area contributed by atoms with Gasteiger partial charge in [-0.3, -0.25) is 4.79 Å². The normalized spacial score (nSPS) is 10.9. The van der Waals surface area contributed by atoms with E-state index in [0.29, 0.717) is 15.5 Å². The van der Waals surface area contributed by atoms with Crippen LogP contribution in [0.25, 0.3) is 11.0 Å². The zero-order valence-electron chi connectivity index (χ0n) is 8.08. The van der Waals surface area contributed by atoms with Gasteiger partial charge in [-0.15, -0.1) is 0 Å². The summed E-state index contributed by atoms with van der Waals surface area (Å²) >= 11 is 3.04. The van der Waals surface area contributed by atoms with Gasteiger partial charge in [0.1, 0.15) is 12.4 Å². The molecule has 0 fully saturated rings. The number of halogens is 2. The average Bonchev–Trinajstić information content (AvgIpc) is 2.45. The number of carbonyl (C=O) groups excluding carboxylic acids is 1. The molecule has 5 nitrogen and oxygen atoms in total. The van der Waals surface area contributed by atoms with Crippen LogP contribution in [-0.2, 0) is 11.3 Å². The van der Waals surface area contributed by atoms with Crippen molar-refractivity contribution in [2.24, 2.45) is 5.73 Å². The molecule has 0 radical (unpaired) electrons. The molecule has 0 saturated heterocycles. The van der Waals surface area contributed by atoms with E-state index in [0.717, 1.165) is 0 Å². The summed E-state index contributed by atoms with van der Waals surface area (Å²) in [5, 5.41) is 0. The highest BCUT2D eigenvalue weighted by Crippen LogP contribution is 2.24. The minimum Gasteiger partial charge on any atom is -0.369 e. The lowest BCUT2D eigenvalue weighted by molar-refractivity contribution is -0.118. The molecule has 0 aliphatic carbocycles. The van der Waals surface area contributed by atoms with E-state index in [9.17, 15) is 9.18 Å². The fourth-order valence-corrected chi connectivity index (χ4v) is 1.79. The van der Waals surface area contributed by atoms with Crippen molar-refractivity contribution in [2.75, 3.05) is 5.73 Å². The van der Waals surface area contributed by atoms with Crippen molar-refractivity contribution in [1.29, 1.82) is 0 Å². The maximum Gasteiger partial charge on any atom is 0.237 e. The molecule has 1 aromatic heterocycles. The van der Waals surface area contributed by atoms with Crippen LogP contribution in [0, 0.1) is 5.82 Å². The van der Waals surface area contributed by atoms with E-state index < -0.39 is 11.7 Å². The molecular formula is C9H8BrFN4O. The summed E-state index contributed by atoms with van der Waals surface area (Å²) < 4.78 is 15.0. The summed E-state index contributed by atoms with van der Waals surface area (Å²) in [6, 6.07) is 2.75. The summed E-state index contributed by atoms with van der Waals surface area (Å²) in [6.07, 6.45) is 0. The largest absolute Gasteiger partial charge is 0.369 e. The number of anilines is 1. The van der Waals surface area contributed by atoms with Crippen LogP contribution in [0.2, 0.25) is 0 Å². The number of hydrogen-bond donors (Lipinski definition) is 2. The van der Waals surface area contributed by atoms with E-state index >= 15 is 0 Å². The number of imidazole rings is 1. The highest BCUT2D eigenvalue weighted by atomic mass is 79.9. The first kappa shape index (κ1) is 10.9. The first-order chi connectivity index (χ1) is 7.49. The number of nitrogen functional groups attached to an aromatic ring is 1. The number of hydrogen-bond acceptors (Lipinski definition) is 3. The van der Waals surface area contributed by atoms with Crippen molar-refractivity contribution in [3.8, 4) is 0 Å². The third-order valence-corrected chi connectivity index (χ3v) is 2.74. The van der Waals surface area contributed by atoms with Crippen LogP contribution < -0.4 is 11.5 Å². The van der Waals surface area contributed by atoms with Crippen LogP contribution in [0.1, 0.15) is 0 Å². The van der Waals surface area contributed by atoms with Crippen LogP contribution in [0.5, 0.6) is 0 Å². The highest BCUT2D eigenvalue weighted by molar-refractivity contribution is 9.10. The molecule has 4 N–H and O–H groups in total. The second kappa shape index (κ2) is 3.75. The molecule has 0 atom stereocenters. The van der Waals surface area contributed by atoms with Crippen molar-refractivity contribution in [3.63, 3.8) is 0 Å². The molecule has 0 aliphatic heterocycles. The van der Waals surface area contributed by atoms with Crippen LogP contribution in [0.4, 0.5) is 10.3 Å². The van der Waals surface area contributed by atoms with Crippen molar-refractivity contribution in [3.05, 3.63) is 22.4 Å². The van der Waals surface area contributed by atoms with Crippen molar-refractivity contribution in [1.82, 2.24) is 9.55 Å². The topological polar surface area (TPSA) is 86.9 Å². The third kappa shape index (κ3) is 1.73. The molecule has 0 aliphatic rings. The number of primary amides is 1. The van der Waals surface area contributed by atoms with Gasteiger partial charge >= 0.3 is 0 Å². The Morgan fingerprint density at radius 1 is 1.56 bits per heavy atom. The lowest BCUT2D eigenvalue weighted by atomic mass is 10.3. The number of fused-ring (bicyclic) bond motifs is 1. The molecule has 1 heterocycles. The summed E-state index contributed by atoms with van der Waals surface area (Å²) in [5.74, 6) is -0.876. The Labute approximate surface area is 98.4 Å². The molecule has 1 amide bonds. The molecule has 0 bridgehead atoms. The molecule has 16 heavy (non-hydrogen) atoms. The molecule has 7 heteroatoms. The fraction of sp³-hybridized carbons (Fsp3) is 0.111. The van der Waals surface area contributed by atoms with E-state index in [2.05, 4.69) is 20.9 Å². The Bertz CT molecular complexity index is 580. The Morgan fingerprint density at radius 2 is 2.25 bits per heavy atom. The number of nitrogens with two attached hydrogens (primary N) is 2. The van der Waals surface area contributed by atoms with Gasteiger partial charge in [0, 0.05) is 6.07 Å². The van der Waals surface area contributed by atoms with Gasteiger partial charge in [-0.1, -0.05) is 0 Å². The number of carbonyl (C=O) groups is 1. The van der Waals surface area contributed by atoms with E-state index in [4.69, 9.17) is 11.5 Å². The van der Waals surface area contributed by atoms with Gasteiger partial charge in [0.2, 0.25) is 11.9 Å². The smallest absolute Gasteiger partial charge is 0.237 e. The van der Waals surface area contributed by atoms with Crippen molar-refractivity contribution in [2.45, 2.75) is 6.54 Å². The molecule has 1 aromatic carbocycles. The van der Waals surface area contributed by atoms with Crippen LogP contribution >= 0.6 is 15.9 Å². The van der Waals surface area contributed by atoms with E-state index in [1.165, 1.54) is 16.7 Å². The maximum atomic E-state index is 13.3. The Balaban J connectivity index is 2.68. The van der Waals surface area contributed by atoms with E-state index in [-0.39, 0.29) is 12.5 Å². The molecule has 0 spiro atoms. The van der Waals surface area contributed by atoms with Gasteiger partial charge in [0.25, 0.3) is 0 Å². The van der Waals surface area contributed by atoms with Crippen molar-refractivity contribution >= 4 is 38.8 Å². The zero-order valence-corrected chi connectivity index (χ0v) is 9.66. The predicted molar refractivity (Wildman–Crippen MR) is 61.0 cm³/mol. The number of rotatable bonds is 2. The molecule has 0 unspecified atom stereocenters. The van der Waals surface area contributed by atoms with Gasteiger partial charge in [-0.05, 0) is 22.0 Å². The standard InChI is InChI=1S/C9H8BrFN4O/c10-4-1-6-7(2-5(4)11)15(3-8(12)16)9(13)14-6/h1-2H,3H2,(H2,12,16)(H2,13,14). The highest BCUT2D eigenvalue weighted by Gasteiger charge is 2.12. The Hall–Kier alpha value is -1.63. The molecule has 2 aromatic rings. The lowest BCUT2D eigenvalue weighted by Gasteiger charge is -2.03. The Kier molecular flexibility index (Phi) is 2.55. The quantitative estimate of drug-likeness (QED) is 0.864. The van der Waals surface area contributed by atoms with Gasteiger partial charge in [0.05, 0.1) is 15.5 Å². The van der Waals surface area contributed by atoms with Gasteiger partial charge in [0.15, 0.2) is 0 Å². The van der Waals surface area contributed by atoms with Crippen LogP contribution in [-0.4, -0.2) is 15.5 Å². The Morgan fingerprint density at radius 3 is 2.88 bits per heavy atom. The molecule has 0 saturated carbocycles.